The number of nitrogens with zero attached hydrogens (tertiary/aromatic N) is 1. The molecule has 2 aromatic rings. The van der Waals surface area contributed by atoms with Gasteiger partial charge in [0.05, 0.1) is 16.1 Å². The van der Waals surface area contributed by atoms with Crippen LogP contribution < -0.4 is 5.32 Å². The van der Waals surface area contributed by atoms with Crippen LogP contribution in [0, 0.1) is 20.8 Å². The Balaban J connectivity index is 2.28. The number of anilines is 1. The van der Waals surface area contributed by atoms with Crippen LogP contribution in [0.25, 0.3) is 0 Å². The van der Waals surface area contributed by atoms with Gasteiger partial charge in [0.15, 0.2) is 0 Å². The molecule has 1 N–H and O–H groups in total. The van der Waals surface area contributed by atoms with Crippen molar-refractivity contribution in [3.8, 4) is 0 Å². The molecule has 1 heterocycles. The first-order valence-corrected chi connectivity index (χ1v) is 7.30. The fraction of sp³-hybridized carbons (Fsp3) is 0.312. The molecule has 2 nitrogen and oxygen atoms in total. The van der Waals surface area contributed by atoms with Crippen LogP contribution in [-0.2, 0) is 0 Å². The molecule has 20 heavy (non-hydrogen) atoms. The lowest BCUT2D eigenvalue weighted by Gasteiger charge is -2.20. The first-order valence-electron chi connectivity index (χ1n) is 6.55. The second-order valence-electron chi connectivity index (χ2n) is 5.07. The lowest BCUT2D eigenvalue weighted by Crippen LogP contribution is -2.11. The van der Waals surface area contributed by atoms with Gasteiger partial charge in [-0.25, -0.2) is 0 Å². The third-order valence-electron chi connectivity index (χ3n) is 3.32. The molecule has 0 amide bonds. The summed E-state index contributed by atoms with van der Waals surface area (Å²) in [5.74, 6) is 0. The van der Waals surface area contributed by atoms with Crippen LogP contribution >= 0.6 is 23.2 Å². The molecule has 4 heteroatoms. The fourth-order valence-electron chi connectivity index (χ4n) is 2.60. The molecule has 1 atom stereocenters. The monoisotopic (exact) mass is 308 g/mol. The van der Waals surface area contributed by atoms with E-state index in [4.69, 9.17) is 23.2 Å². The topological polar surface area (TPSA) is 24.9 Å². The van der Waals surface area contributed by atoms with Crippen LogP contribution in [0.2, 0.25) is 10.0 Å². The molecule has 0 aliphatic carbocycles. The Hall–Kier alpha value is -1.25. The Kier molecular flexibility index (Phi) is 4.56. The second-order valence-corrected chi connectivity index (χ2v) is 5.89. The van der Waals surface area contributed by atoms with Crippen LogP contribution in [0.1, 0.15) is 35.5 Å². The summed E-state index contributed by atoms with van der Waals surface area (Å²) in [6.45, 7) is 8.29. The number of aryl methyl sites for hydroxylation is 3. The standard InChI is InChI=1S/C16H18Cl2N2/c1-9-7-10(2)19-11(3)16(9)12(4)20-13-5-6-14(17)15(18)8-13/h5-8,12,20H,1-4H3. The van der Waals surface area contributed by atoms with Crippen molar-refractivity contribution >= 4 is 28.9 Å². The first-order chi connectivity index (χ1) is 9.38. The number of halogens is 2. The van der Waals surface area contributed by atoms with E-state index in [0.29, 0.717) is 10.0 Å². The minimum atomic E-state index is 0.153. The van der Waals surface area contributed by atoms with Crippen LogP contribution in [-0.4, -0.2) is 4.98 Å². The van der Waals surface area contributed by atoms with Gasteiger partial charge in [-0.3, -0.25) is 4.98 Å². The van der Waals surface area contributed by atoms with Crippen LogP contribution in [0.3, 0.4) is 0 Å². The predicted octanol–water partition coefficient (Wildman–Crippen LogP) is 5.49. The van der Waals surface area contributed by atoms with Gasteiger partial charge in [0.1, 0.15) is 0 Å². The van der Waals surface area contributed by atoms with E-state index in [2.05, 4.69) is 30.2 Å². The van der Waals surface area contributed by atoms with Gasteiger partial charge in [-0.15, -0.1) is 0 Å². The van der Waals surface area contributed by atoms with E-state index in [1.54, 1.807) is 6.07 Å². The SMILES string of the molecule is Cc1cc(C)c(C(C)Nc2ccc(Cl)c(Cl)c2)c(C)n1. The van der Waals surface area contributed by atoms with E-state index in [0.717, 1.165) is 17.1 Å². The molecule has 1 aromatic carbocycles. The molecule has 0 bridgehead atoms. The van der Waals surface area contributed by atoms with Gasteiger partial charge in [-0.2, -0.15) is 0 Å². The predicted molar refractivity (Wildman–Crippen MR) is 86.9 cm³/mol. The van der Waals surface area contributed by atoms with Crippen molar-refractivity contribution in [2.24, 2.45) is 0 Å². The van der Waals surface area contributed by atoms with E-state index < -0.39 is 0 Å². The Morgan fingerprint density at radius 2 is 1.75 bits per heavy atom. The lowest BCUT2D eigenvalue weighted by molar-refractivity contribution is 0.843. The number of hydrogen-bond donors (Lipinski definition) is 1. The molecule has 2 rings (SSSR count). The van der Waals surface area contributed by atoms with Crippen molar-refractivity contribution < 1.29 is 0 Å². The van der Waals surface area contributed by atoms with E-state index >= 15 is 0 Å². The molecular weight excluding hydrogens is 291 g/mol. The number of aromatic nitrogens is 1. The van der Waals surface area contributed by atoms with Gasteiger partial charge < -0.3 is 5.32 Å². The largest absolute Gasteiger partial charge is 0.378 e. The number of rotatable bonds is 3. The molecule has 0 fully saturated rings. The van der Waals surface area contributed by atoms with Gasteiger partial charge in [-0.1, -0.05) is 23.2 Å². The van der Waals surface area contributed by atoms with Crippen LogP contribution in [0.5, 0.6) is 0 Å². The molecule has 1 aromatic heterocycles. The van der Waals surface area contributed by atoms with E-state index in [1.807, 2.05) is 26.0 Å². The fourth-order valence-corrected chi connectivity index (χ4v) is 2.89. The average Bonchev–Trinajstić information content (AvgIpc) is 2.32. The van der Waals surface area contributed by atoms with Gasteiger partial charge >= 0.3 is 0 Å². The maximum absolute atomic E-state index is 6.04. The van der Waals surface area contributed by atoms with E-state index in [1.165, 1.54) is 11.1 Å². The summed E-state index contributed by atoms with van der Waals surface area (Å²) in [4.78, 5) is 4.54. The van der Waals surface area contributed by atoms with Crippen molar-refractivity contribution in [1.29, 1.82) is 0 Å². The maximum Gasteiger partial charge on any atom is 0.0612 e. The van der Waals surface area contributed by atoms with E-state index in [-0.39, 0.29) is 6.04 Å². The first kappa shape index (κ1) is 15.1. The summed E-state index contributed by atoms with van der Waals surface area (Å²) in [5, 5.41) is 4.56. The molecule has 0 saturated heterocycles. The maximum atomic E-state index is 6.04. The molecular formula is C16H18Cl2N2. The number of hydrogen-bond acceptors (Lipinski definition) is 2. The summed E-state index contributed by atoms with van der Waals surface area (Å²) in [7, 11) is 0. The number of pyridine rings is 1. The minimum Gasteiger partial charge on any atom is -0.378 e. The number of benzene rings is 1. The van der Waals surface area contributed by atoms with Crippen molar-refractivity contribution in [1.82, 2.24) is 4.98 Å². The smallest absolute Gasteiger partial charge is 0.0612 e. The van der Waals surface area contributed by atoms with Crippen molar-refractivity contribution in [3.05, 3.63) is 56.8 Å². The van der Waals surface area contributed by atoms with Crippen LogP contribution in [0.15, 0.2) is 24.3 Å². The summed E-state index contributed by atoms with van der Waals surface area (Å²) in [6, 6.07) is 7.82. The third kappa shape index (κ3) is 3.25. The van der Waals surface area contributed by atoms with Gasteiger partial charge in [0, 0.05) is 17.1 Å². The van der Waals surface area contributed by atoms with Gasteiger partial charge in [-0.05, 0) is 63.1 Å². The molecule has 1 unspecified atom stereocenters. The zero-order valence-electron chi connectivity index (χ0n) is 12.1. The Bertz CT molecular complexity index is 615. The molecule has 106 valence electrons. The summed E-state index contributed by atoms with van der Waals surface area (Å²) in [5.41, 5.74) is 5.52. The average molecular weight is 309 g/mol. The van der Waals surface area contributed by atoms with Crippen molar-refractivity contribution in [3.63, 3.8) is 0 Å². The van der Waals surface area contributed by atoms with Crippen LogP contribution in [0.4, 0.5) is 5.69 Å². The molecule has 0 aliphatic rings. The lowest BCUT2D eigenvalue weighted by atomic mass is 10.00. The highest BCUT2D eigenvalue weighted by molar-refractivity contribution is 6.42. The van der Waals surface area contributed by atoms with Crippen molar-refractivity contribution in [2.45, 2.75) is 33.7 Å². The molecule has 0 aliphatic heterocycles. The summed E-state index contributed by atoms with van der Waals surface area (Å²) in [6.07, 6.45) is 0. The van der Waals surface area contributed by atoms with Gasteiger partial charge in [0.25, 0.3) is 0 Å². The quantitative estimate of drug-likeness (QED) is 0.811. The Morgan fingerprint density at radius 3 is 2.35 bits per heavy atom. The zero-order chi connectivity index (χ0) is 14.9. The summed E-state index contributed by atoms with van der Waals surface area (Å²) >= 11 is 12.0. The highest BCUT2D eigenvalue weighted by Gasteiger charge is 2.13. The molecule has 0 saturated carbocycles. The second kappa shape index (κ2) is 6.02. The van der Waals surface area contributed by atoms with E-state index in [9.17, 15) is 0 Å². The molecule has 0 radical (unpaired) electrons. The zero-order valence-corrected chi connectivity index (χ0v) is 13.6. The Labute approximate surface area is 130 Å². The highest BCUT2D eigenvalue weighted by Crippen LogP contribution is 2.29. The number of nitrogens with one attached hydrogen (secondary N) is 1. The van der Waals surface area contributed by atoms with Crippen molar-refractivity contribution in [2.75, 3.05) is 5.32 Å². The minimum absolute atomic E-state index is 0.153. The normalized spacial score (nSPS) is 12.3. The third-order valence-corrected chi connectivity index (χ3v) is 4.06. The van der Waals surface area contributed by atoms with Gasteiger partial charge in [0.2, 0.25) is 0 Å². The summed E-state index contributed by atoms with van der Waals surface area (Å²) < 4.78 is 0. The molecule has 0 spiro atoms. The highest BCUT2D eigenvalue weighted by atomic mass is 35.5. The Morgan fingerprint density at radius 1 is 1.05 bits per heavy atom.